The summed E-state index contributed by atoms with van der Waals surface area (Å²) in [4.78, 5) is 12.0. The Bertz CT molecular complexity index is 654. The molecule has 1 heterocycles. The van der Waals surface area contributed by atoms with E-state index in [4.69, 9.17) is 9.47 Å². The maximum Gasteiger partial charge on any atom is 0.224 e. The standard InChI is InChI=1S/C17H26N2O5S/c1-23-15-7-5-14(6-8-15)12-17(20)18-9-10-19(25(2,21)22)13-16-4-3-11-24-16/h5-8,16H,3-4,9-13H2,1-2H3,(H,18,20). The van der Waals surface area contributed by atoms with Gasteiger partial charge >= 0.3 is 0 Å². The molecule has 1 amide bonds. The van der Waals surface area contributed by atoms with Gasteiger partial charge in [-0.2, -0.15) is 4.31 Å². The molecule has 1 aromatic carbocycles. The van der Waals surface area contributed by atoms with E-state index in [2.05, 4.69) is 5.32 Å². The van der Waals surface area contributed by atoms with Crippen molar-refractivity contribution in [2.24, 2.45) is 0 Å². The monoisotopic (exact) mass is 370 g/mol. The second-order valence-corrected chi connectivity index (χ2v) is 8.11. The zero-order valence-corrected chi connectivity index (χ0v) is 15.5. The molecule has 1 fully saturated rings. The van der Waals surface area contributed by atoms with E-state index in [1.807, 2.05) is 12.1 Å². The second kappa shape index (κ2) is 9.17. The van der Waals surface area contributed by atoms with Gasteiger partial charge < -0.3 is 14.8 Å². The third kappa shape index (κ3) is 6.64. The zero-order chi connectivity index (χ0) is 18.3. The summed E-state index contributed by atoms with van der Waals surface area (Å²) in [6, 6.07) is 7.27. The highest BCUT2D eigenvalue weighted by Gasteiger charge is 2.24. The quantitative estimate of drug-likeness (QED) is 0.695. The van der Waals surface area contributed by atoms with Crippen molar-refractivity contribution in [2.45, 2.75) is 25.4 Å². The number of nitrogens with one attached hydrogen (secondary N) is 1. The van der Waals surface area contributed by atoms with Crippen molar-refractivity contribution >= 4 is 15.9 Å². The van der Waals surface area contributed by atoms with Gasteiger partial charge in [0.25, 0.3) is 0 Å². The first-order chi connectivity index (χ1) is 11.9. The Hall–Kier alpha value is -1.64. The van der Waals surface area contributed by atoms with E-state index in [1.165, 1.54) is 10.6 Å². The van der Waals surface area contributed by atoms with Crippen LogP contribution in [-0.4, -0.2) is 64.3 Å². The fourth-order valence-electron chi connectivity index (χ4n) is 2.72. The molecular weight excluding hydrogens is 344 g/mol. The molecule has 140 valence electrons. The highest BCUT2D eigenvalue weighted by Crippen LogP contribution is 2.14. The highest BCUT2D eigenvalue weighted by atomic mass is 32.2. The fraction of sp³-hybridized carbons (Fsp3) is 0.588. The summed E-state index contributed by atoms with van der Waals surface area (Å²) < 4.78 is 35.7. The molecule has 1 saturated heterocycles. The highest BCUT2D eigenvalue weighted by molar-refractivity contribution is 7.88. The number of sulfonamides is 1. The number of carbonyl (C=O) groups excluding carboxylic acids is 1. The Morgan fingerprint density at radius 2 is 2.08 bits per heavy atom. The molecule has 1 atom stereocenters. The van der Waals surface area contributed by atoms with E-state index in [0.29, 0.717) is 13.2 Å². The number of benzene rings is 1. The largest absolute Gasteiger partial charge is 0.497 e. The van der Waals surface area contributed by atoms with Crippen molar-refractivity contribution in [1.82, 2.24) is 9.62 Å². The molecule has 1 aliphatic rings. The lowest BCUT2D eigenvalue weighted by Gasteiger charge is -2.23. The van der Waals surface area contributed by atoms with Crippen LogP contribution in [0, 0.1) is 0 Å². The lowest BCUT2D eigenvalue weighted by Crippen LogP contribution is -2.42. The van der Waals surface area contributed by atoms with Crippen LogP contribution in [0.3, 0.4) is 0 Å². The summed E-state index contributed by atoms with van der Waals surface area (Å²) in [5, 5.41) is 2.77. The van der Waals surface area contributed by atoms with Crippen LogP contribution in [-0.2, 0) is 26.0 Å². The first kappa shape index (κ1) is 19.7. The Labute approximate surface area is 149 Å². The summed E-state index contributed by atoms with van der Waals surface area (Å²) >= 11 is 0. The minimum Gasteiger partial charge on any atom is -0.497 e. The van der Waals surface area contributed by atoms with E-state index < -0.39 is 10.0 Å². The molecule has 0 spiro atoms. The average Bonchev–Trinajstić information content (AvgIpc) is 3.07. The van der Waals surface area contributed by atoms with E-state index in [1.54, 1.807) is 19.2 Å². The number of nitrogens with zero attached hydrogens (tertiary/aromatic N) is 1. The summed E-state index contributed by atoms with van der Waals surface area (Å²) in [5.74, 6) is 0.595. The number of hydrogen-bond donors (Lipinski definition) is 1. The maximum absolute atomic E-state index is 12.0. The molecule has 1 aromatic rings. The first-order valence-corrected chi connectivity index (χ1v) is 10.2. The summed E-state index contributed by atoms with van der Waals surface area (Å²) in [6.07, 6.45) is 3.21. The SMILES string of the molecule is COc1ccc(CC(=O)NCCN(CC2CCCO2)S(C)(=O)=O)cc1. The van der Waals surface area contributed by atoms with Crippen LogP contribution < -0.4 is 10.1 Å². The van der Waals surface area contributed by atoms with E-state index in [-0.39, 0.29) is 31.5 Å². The molecule has 8 heteroatoms. The van der Waals surface area contributed by atoms with Gasteiger partial charge in [0.2, 0.25) is 15.9 Å². The van der Waals surface area contributed by atoms with Crippen molar-refractivity contribution in [3.8, 4) is 5.75 Å². The van der Waals surface area contributed by atoms with Gasteiger partial charge in [-0.25, -0.2) is 8.42 Å². The molecular formula is C17H26N2O5S. The van der Waals surface area contributed by atoms with Crippen molar-refractivity contribution < 1.29 is 22.7 Å². The summed E-state index contributed by atoms with van der Waals surface area (Å²) in [7, 11) is -1.74. The van der Waals surface area contributed by atoms with Crippen LogP contribution in [0.15, 0.2) is 24.3 Å². The van der Waals surface area contributed by atoms with Gasteiger partial charge in [-0.1, -0.05) is 12.1 Å². The first-order valence-electron chi connectivity index (χ1n) is 8.35. The zero-order valence-electron chi connectivity index (χ0n) is 14.7. The Kier molecular flexibility index (Phi) is 7.22. The Balaban J connectivity index is 1.78. The molecule has 0 radical (unpaired) electrons. The maximum atomic E-state index is 12.0. The van der Waals surface area contributed by atoms with E-state index in [9.17, 15) is 13.2 Å². The summed E-state index contributed by atoms with van der Waals surface area (Å²) in [5.41, 5.74) is 0.873. The van der Waals surface area contributed by atoms with E-state index in [0.717, 1.165) is 24.2 Å². The number of carbonyl (C=O) groups is 1. The molecule has 1 aliphatic heterocycles. The van der Waals surface area contributed by atoms with Crippen LogP contribution in [0.25, 0.3) is 0 Å². The van der Waals surface area contributed by atoms with Crippen molar-refractivity contribution in [2.75, 3.05) is 39.6 Å². The number of rotatable bonds is 9. The van der Waals surface area contributed by atoms with Gasteiger partial charge in [-0.3, -0.25) is 4.79 Å². The van der Waals surface area contributed by atoms with Crippen LogP contribution in [0.1, 0.15) is 18.4 Å². The Morgan fingerprint density at radius 3 is 2.64 bits per heavy atom. The van der Waals surface area contributed by atoms with Gasteiger partial charge in [-0.15, -0.1) is 0 Å². The van der Waals surface area contributed by atoms with Crippen LogP contribution >= 0.6 is 0 Å². The minimum atomic E-state index is -3.33. The number of ether oxygens (including phenoxy) is 2. The number of methoxy groups -OCH3 is 1. The van der Waals surface area contributed by atoms with Crippen molar-refractivity contribution in [3.05, 3.63) is 29.8 Å². The van der Waals surface area contributed by atoms with E-state index >= 15 is 0 Å². The minimum absolute atomic E-state index is 0.0512. The van der Waals surface area contributed by atoms with Gasteiger partial charge in [0.1, 0.15) is 5.75 Å². The molecule has 1 N–H and O–H groups in total. The third-order valence-electron chi connectivity index (χ3n) is 4.11. The van der Waals surface area contributed by atoms with Gasteiger partial charge in [0.05, 0.1) is 25.9 Å². The van der Waals surface area contributed by atoms with Crippen LogP contribution in [0.2, 0.25) is 0 Å². The van der Waals surface area contributed by atoms with Crippen molar-refractivity contribution in [1.29, 1.82) is 0 Å². The molecule has 0 aromatic heterocycles. The molecule has 0 saturated carbocycles. The van der Waals surface area contributed by atoms with Crippen LogP contribution in [0.4, 0.5) is 0 Å². The predicted molar refractivity (Wildman–Crippen MR) is 95.1 cm³/mol. The lowest BCUT2D eigenvalue weighted by molar-refractivity contribution is -0.120. The molecule has 2 rings (SSSR count). The molecule has 25 heavy (non-hydrogen) atoms. The lowest BCUT2D eigenvalue weighted by atomic mass is 10.1. The van der Waals surface area contributed by atoms with Crippen LogP contribution in [0.5, 0.6) is 5.75 Å². The summed E-state index contributed by atoms with van der Waals surface area (Å²) in [6.45, 7) is 1.54. The van der Waals surface area contributed by atoms with Gasteiger partial charge in [-0.05, 0) is 30.5 Å². The molecule has 1 unspecified atom stereocenters. The molecule has 0 aliphatic carbocycles. The number of amides is 1. The number of hydrogen-bond acceptors (Lipinski definition) is 5. The topological polar surface area (TPSA) is 84.9 Å². The Morgan fingerprint density at radius 1 is 1.36 bits per heavy atom. The second-order valence-electron chi connectivity index (χ2n) is 6.13. The van der Waals surface area contributed by atoms with Crippen molar-refractivity contribution in [3.63, 3.8) is 0 Å². The van der Waals surface area contributed by atoms with Gasteiger partial charge in [0, 0.05) is 26.2 Å². The normalized spacial score (nSPS) is 17.6. The fourth-order valence-corrected chi connectivity index (χ4v) is 3.58. The predicted octanol–water partition coefficient (Wildman–Crippen LogP) is 0.795. The molecule has 7 nitrogen and oxygen atoms in total. The third-order valence-corrected chi connectivity index (χ3v) is 5.38. The smallest absolute Gasteiger partial charge is 0.224 e. The average molecular weight is 370 g/mol. The van der Waals surface area contributed by atoms with Gasteiger partial charge in [0.15, 0.2) is 0 Å². The molecule has 0 bridgehead atoms.